The quantitative estimate of drug-likeness (QED) is 0.783. The highest BCUT2D eigenvalue weighted by atomic mass is 32.2. The lowest BCUT2D eigenvalue weighted by Crippen LogP contribution is -2.37. The molecule has 27 heavy (non-hydrogen) atoms. The number of sulfonamides is 1. The molecular weight excluding hydrogens is 368 g/mol. The third-order valence-corrected chi connectivity index (χ3v) is 4.98. The van der Waals surface area contributed by atoms with Crippen molar-refractivity contribution in [2.45, 2.75) is 13.8 Å². The van der Waals surface area contributed by atoms with Gasteiger partial charge in [0.15, 0.2) is 0 Å². The highest BCUT2D eigenvalue weighted by Gasteiger charge is 2.24. The van der Waals surface area contributed by atoms with E-state index < -0.39 is 15.9 Å². The van der Waals surface area contributed by atoms with Crippen molar-refractivity contribution in [3.63, 3.8) is 0 Å². The molecule has 0 aliphatic carbocycles. The zero-order valence-electron chi connectivity index (χ0n) is 16.1. The topological polar surface area (TPSA) is 84.9 Å². The third-order valence-electron chi connectivity index (χ3n) is 3.85. The molecule has 0 heterocycles. The predicted octanol–water partition coefficient (Wildman–Crippen LogP) is 2.73. The molecule has 0 aliphatic heterocycles. The van der Waals surface area contributed by atoms with Gasteiger partial charge in [-0.1, -0.05) is 6.07 Å². The maximum atomic E-state index is 12.5. The van der Waals surface area contributed by atoms with Crippen LogP contribution in [0.1, 0.15) is 11.1 Å². The lowest BCUT2D eigenvalue weighted by atomic mass is 10.1. The number of ether oxygens (including phenoxy) is 2. The zero-order valence-corrected chi connectivity index (χ0v) is 16.9. The number of nitrogens with zero attached hydrogens (tertiary/aromatic N) is 1. The summed E-state index contributed by atoms with van der Waals surface area (Å²) < 4.78 is 36.0. The van der Waals surface area contributed by atoms with Gasteiger partial charge in [0.2, 0.25) is 15.9 Å². The van der Waals surface area contributed by atoms with E-state index in [-0.39, 0.29) is 12.2 Å². The highest BCUT2D eigenvalue weighted by molar-refractivity contribution is 7.92. The average molecular weight is 392 g/mol. The number of aryl methyl sites for hydroxylation is 2. The Kier molecular flexibility index (Phi) is 6.32. The molecule has 0 aliphatic rings. The van der Waals surface area contributed by atoms with Crippen LogP contribution in [0.3, 0.4) is 0 Å². The van der Waals surface area contributed by atoms with Crippen LogP contribution in [0.15, 0.2) is 36.4 Å². The first-order valence-corrected chi connectivity index (χ1v) is 10.1. The van der Waals surface area contributed by atoms with E-state index in [0.717, 1.165) is 21.7 Å². The molecule has 2 rings (SSSR count). The average Bonchev–Trinajstić information content (AvgIpc) is 2.57. The van der Waals surface area contributed by atoms with Gasteiger partial charge in [0.25, 0.3) is 0 Å². The number of anilines is 2. The van der Waals surface area contributed by atoms with Crippen molar-refractivity contribution in [3.8, 4) is 11.5 Å². The fourth-order valence-electron chi connectivity index (χ4n) is 2.75. The number of carbonyl (C=O) groups is 1. The normalized spacial score (nSPS) is 11.0. The Labute approximate surface area is 160 Å². The molecule has 146 valence electrons. The van der Waals surface area contributed by atoms with Gasteiger partial charge < -0.3 is 14.8 Å². The Hall–Kier alpha value is -2.74. The van der Waals surface area contributed by atoms with E-state index in [1.165, 1.54) is 14.2 Å². The van der Waals surface area contributed by atoms with Gasteiger partial charge in [-0.3, -0.25) is 9.10 Å². The minimum absolute atomic E-state index is 0.261. The smallest absolute Gasteiger partial charge is 0.245 e. The second-order valence-electron chi connectivity index (χ2n) is 6.23. The van der Waals surface area contributed by atoms with Crippen LogP contribution in [0.4, 0.5) is 11.4 Å². The summed E-state index contributed by atoms with van der Waals surface area (Å²) in [5.41, 5.74) is 2.88. The first-order chi connectivity index (χ1) is 12.6. The second-order valence-corrected chi connectivity index (χ2v) is 8.14. The summed E-state index contributed by atoms with van der Waals surface area (Å²) in [4.78, 5) is 12.5. The molecule has 1 N–H and O–H groups in total. The molecule has 0 atom stereocenters. The number of hydrogen-bond donors (Lipinski definition) is 1. The number of rotatable bonds is 7. The van der Waals surface area contributed by atoms with E-state index >= 15 is 0 Å². The van der Waals surface area contributed by atoms with E-state index in [1.807, 2.05) is 32.0 Å². The van der Waals surface area contributed by atoms with Crippen LogP contribution in [0.2, 0.25) is 0 Å². The minimum Gasteiger partial charge on any atom is -0.497 e. The van der Waals surface area contributed by atoms with Crippen LogP contribution >= 0.6 is 0 Å². The Morgan fingerprint density at radius 3 is 2.19 bits per heavy atom. The Morgan fingerprint density at radius 1 is 1.04 bits per heavy atom. The number of methoxy groups -OCH3 is 2. The van der Waals surface area contributed by atoms with Crippen LogP contribution in [-0.4, -0.2) is 41.3 Å². The van der Waals surface area contributed by atoms with Crippen molar-refractivity contribution in [1.82, 2.24) is 0 Å². The van der Waals surface area contributed by atoms with Gasteiger partial charge in [0.1, 0.15) is 18.0 Å². The van der Waals surface area contributed by atoms with Gasteiger partial charge in [-0.2, -0.15) is 0 Å². The van der Waals surface area contributed by atoms with Crippen LogP contribution in [-0.2, 0) is 14.8 Å². The Balaban J connectivity index is 2.31. The van der Waals surface area contributed by atoms with Crippen LogP contribution in [0, 0.1) is 13.8 Å². The minimum atomic E-state index is -3.72. The largest absolute Gasteiger partial charge is 0.497 e. The fraction of sp³-hybridized carbons (Fsp3) is 0.316. The summed E-state index contributed by atoms with van der Waals surface area (Å²) in [6, 6.07) is 10.4. The highest BCUT2D eigenvalue weighted by Crippen LogP contribution is 2.33. The van der Waals surface area contributed by atoms with E-state index in [9.17, 15) is 13.2 Å². The van der Waals surface area contributed by atoms with Crippen molar-refractivity contribution in [1.29, 1.82) is 0 Å². The first kappa shape index (κ1) is 20.6. The molecule has 0 bridgehead atoms. The molecule has 7 nitrogen and oxygen atoms in total. The molecule has 0 radical (unpaired) electrons. The maximum absolute atomic E-state index is 12.5. The van der Waals surface area contributed by atoms with Crippen molar-refractivity contribution in [3.05, 3.63) is 47.5 Å². The van der Waals surface area contributed by atoms with E-state index in [1.54, 1.807) is 18.2 Å². The van der Waals surface area contributed by atoms with Gasteiger partial charge in [-0.15, -0.1) is 0 Å². The van der Waals surface area contributed by atoms with Gasteiger partial charge in [0.05, 0.1) is 26.2 Å². The van der Waals surface area contributed by atoms with Gasteiger partial charge in [-0.25, -0.2) is 8.42 Å². The molecule has 2 aromatic carbocycles. The number of carbonyl (C=O) groups excluding carboxylic acids is 1. The molecule has 1 amide bonds. The summed E-state index contributed by atoms with van der Waals surface area (Å²) in [5.74, 6) is 0.353. The lowest BCUT2D eigenvalue weighted by Gasteiger charge is -2.24. The Bertz CT molecular complexity index is 921. The summed E-state index contributed by atoms with van der Waals surface area (Å²) in [6.45, 7) is 3.47. The van der Waals surface area contributed by atoms with Gasteiger partial charge >= 0.3 is 0 Å². The van der Waals surface area contributed by atoms with Crippen molar-refractivity contribution in [2.75, 3.05) is 36.6 Å². The Morgan fingerprint density at radius 2 is 1.67 bits per heavy atom. The lowest BCUT2D eigenvalue weighted by molar-refractivity contribution is -0.114. The molecule has 0 saturated carbocycles. The number of benzene rings is 2. The molecule has 0 unspecified atom stereocenters. The molecule has 0 fully saturated rings. The fourth-order valence-corrected chi connectivity index (χ4v) is 3.61. The van der Waals surface area contributed by atoms with Gasteiger partial charge in [-0.05, 0) is 49.2 Å². The summed E-state index contributed by atoms with van der Waals surface area (Å²) in [6.07, 6.45) is 1.04. The molecule has 0 saturated heterocycles. The van der Waals surface area contributed by atoms with Gasteiger partial charge in [0, 0.05) is 11.8 Å². The molecular formula is C19H24N2O5S. The first-order valence-electron chi connectivity index (χ1n) is 8.22. The maximum Gasteiger partial charge on any atom is 0.245 e. The summed E-state index contributed by atoms with van der Waals surface area (Å²) >= 11 is 0. The SMILES string of the molecule is COc1ccc(N(CC(=O)Nc2cc(C)cc(C)c2)S(C)(=O)=O)c(OC)c1. The van der Waals surface area contributed by atoms with Crippen LogP contribution in [0.5, 0.6) is 11.5 Å². The van der Waals surface area contributed by atoms with E-state index in [0.29, 0.717) is 17.2 Å². The summed E-state index contributed by atoms with van der Waals surface area (Å²) in [7, 11) is -0.797. The van der Waals surface area contributed by atoms with Crippen LogP contribution in [0.25, 0.3) is 0 Å². The van der Waals surface area contributed by atoms with Crippen LogP contribution < -0.4 is 19.1 Å². The number of amides is 1. The van der Waals surface area contributed by atoms with E-state index in [2.05, 4.69) is 5.32 Å². The van der Waals surface area contributed by atoms with Crippen molar-refractivity contribution in [2.24, 2.45) is 0 Å². The summed E-state index contributed by atoms with van der Waals surface area (Å²) in [5, 5.41) is 2.75. The molecule has 2 aromatic rings. The molecule has 0 aromatic heterocycles. The molecule has 0 spiro atoms. The molecule has 8 heteroatoms. The van der Waals surface area contributed by atoms with Crippen molar-refractivity contribution < 1.29 is 22.7 Å². The van der Waals surface area contributed by atoms with Crippen molar-refractivity contribution >= 4 is 27.3 Å². The predicted molar refractivity (Wildman–Crippen MR) is 106 cm³/mol. The standard InChI is InChI=1S/C19H24N2O5S/c1-13-8-14(2)10-15(9-13)20-19(22)12-21(27(5,23)24)17-7-6-16(25-3)11-18(17)26-4/h6-11H,12H2,1-5H3,(H,20,22). The van der Waals surface area contributed by atoms with E-state index in [4.69, 9.17) is 9.47 Å². The number of nitrogens with one attached hydrogen (secondary N) is 1. The second kappa shape index (κ2) is 8.30. The third kappa shape index (κ3) is 5.37. The monoisotopic (exact) mass is 392 g/mol. The zero-order chi connectivity index (χ0) is 20.2. The number of hydrogen-bond acceptors (Lipinski definition) is 5.